The molecule has 0 radical (unpaired) electrons. The van der Waals surface area contributed by atoms with Crippen LogP contribution in [0.5, 0.6) is 0 Å². The molecule has 146 valence electrons. The van der Waals surface area contributed by atoms with E-state index < -0.39 is 22.1 Å². The smallest absolute Gasteiger partial charge is 0.413 e. The average molecular weight is 410 g/mol. The molecule has 3 heterocycles. The first-order valence-corrected chi connectivity index (χ1v) is 9.79. The first-order valence-electron chi connectivity index (χ1n) is 8.18. The lowest BCUT2D eigenvalue weighted by atomic mass is 10.1. The highest BCUT2D eigenvalue weighted by atomic mass is 32.2. The molecule has 0 bridgehead atoms. The largest absolute Gasteiger partial charge is 0.470 e. The van der Waals surface area contributed by atoms with Gasteiger partial charge in [0.2, 0.25) is 15.9 Å². The van der Waals surface area contributed by atoms with Crippen LogP contribution in [0.3, 0.4) is 0 Å². The topological polar surface area (TPSA) is 89.2 Å². The molecule has 7 nitrogen and oxygen atoms in total. The minimum absolute atomic E-state index is 0.00427. The van der Waals surface area contributed by atoms with Gasteiger partial charge in [-0.2, -0.15) is 13.2 Å². The molecule has 11 heteroatoms. The maximum Gasteiger partial charge on any atom is 0.470 e. The van der Waals surface area contributed by atoms with Crippen LogP contribution in [0.4, 0.5) is 18.9 Å². The molecule has 0 unspecified atom stereocenters. The summed E-state index contributed by atoms with van der Waals surface area (Å²) in [5, 5.41) is 6.34. The Hall–Kier alpha value is -2.95. The molecule has 0 fully saturated rings. The molecular weight excluding hydrogens is 397 g/mol. The van der Waals surface area contributed by atoms with Gasteiger partial charge in [-0.15, -0.1) is 10.2 Å². The number of aromatic nitrogens is 3. The zero-order valence-corrected chi connectivity index (χ0v) is 15.0. The molecule has 0 aliphatic carbocycles. The highest BCUT2D eigenvalue weighted by molar-refractivity contribution is 7.92. The van der Waals surface area contributed by atoms with Gasteiger partial charge >= 0.3 is 12.1 Å². The second kappa shape index (κ2) is 6.59. The molecule has 1 aromatic carbocycles. The Bertz CT molecular complexity index is 1110. The highest BCUT2D eigenvalue weighted by Crippen LogP contribution is 2.32. The van der Waals surface area contributed by atoms with E-state index in [0.29, 0.717) is 17.8 Å². The van der Waals surface area contributed by atoms with Crippen molar-refractivity contribution < 1.29 is 26.0 Å². The molecule has 4 rings (SSSR count). The number of fused-ring (bicyclic) bond motifs is 1. The highest BCUT2D eigenvalue weighted by Gasteiger charge is 2.38. The van der Waals surface area contributed by atoms with Crippen molar-refractivity contribution in [2.75, 3.05) is 10.1 Å². The van der Waals surface area contributed by atoms with Crippen molar-refractivity contribution in [3.63, 3.8) is 0 Å². The molecule has 1 aliphatic rings. The van der Waals surface area contributed by atoms with Gasteiger partial charge in [-0.05, 0) is 30.2 Å². The SMILES string of the molecule is O=S1(=O)CCc2ccccc2N1Cc1ccc(-c2nnc(C(F)(F)F)o2)cn1. The Balaban J connectivity index is 1.59. The molecule has 2 aromatic heterocycles. The summed E-state index contributed by atoms with van der Waals surface area (Å²) in [5.74, 6) is -1.76. The van der Waals surface area contributed by atoms with Crippen LogP contribution in [0, 0.1) is 0 Å². The summed E-state index contributed by atoms with van der Waals surface area (Å²) in [6.07, 6.45) is -3.01. The third kappa shape index (κ3) is 3.44. The molecule has 28 heavy (non-hydrogen) atoms. The van der Waals surface area contributed by atoms with Crippen LogP contribution in [-0.2, 0) is 29.2 Å². The Morgan fingerprint density at radius 3 is 2.57 bits per heavy atom. The summed E-state index contributed by atoms with van der Waals surface area (Å²) in [7, 11) is -3.48. The summed E-state index contributed by atoms with van der Waals surface area (Å²) in [4.78, 5) is 4.14. The quantitative estimate of drug-likeness (QED) is 0.659. The molecule has 0 spiro atoms. The fourth-order valence-corrected chi connectivity index (χ4v) is 4.40. The van der Waals surface area contributed by atoms with Crippen molar-refractivity contribution in [1.29, 1.82) is 0 Å². The van der Waals surface area contributed by atoms with Crippen molar-refractivity contribution in [3.8, 4) is 11.5 Å². The van der Waals surface area contributed by atoms with Crippen LogP contribution in [0.1, 0.15) is 17.1 Å². The van der Waals surface area contributed by atoms with Gasteiger partial charge in [0.15, 0.2) is 0 Å². The van der Waals surface area contributed by atoms with Gasteiger partial charge in [0, 0.05) is 6.20 Å². The predicted octanol–water partition coefficient (Wildman–Crippen LogP) is 3.04. The lowest BCUT2D eigenvalue weighted by molar-refractivity contribution is -0.156. The number of benzene rings is 1. The molecule has 0 saturated carbocycles. The minimum atomic E-state index is -4.73. The third-order valence-electron chi connectivity index (χ3n) is 4.27. The number of para-hydroxylation sites is 1. The molecule has 0 N–H and O–H groups in total. The monoisotopic (exact) mass is 410 g/mol. The van der Waals surface area contributed by atoms with Crippen molar-refractivity contribution in [2.24, 2.45) is 0 Å². The van der Waals surface area contributed by atoms with E-state index in [1.54, 1.807) is 12.1 Å². The van der Waals surface area contributed by atoms with E-state index in [-0.39, 0.29) is 23.8 Å². The number of hydrogen-bond donors (Lipinski definition) is 0. The van der Waals surface area contributed by atoms with Crippen LogP contribution in [0.2, 0.25) is 0 Å². The van der Waals surface area contributed by atoms with E-state index in [2.05, 4.69) is 19.6 Å². The van der Waals surface area contributed by atoms with Crippen LogP contribution in [0.15, 0.2) is 47.0 Å². The number of pyridine rings is 1. The van der Waals surface area contributed by atoms with E-state index in [1.807, 2.05) is 12.1 Å². The van der Waals surface area contributed by atoms with Crippen molar-refractivity contribution in [3.05, 3.63) is 59.7 Å². The first-order chi connectivity index (χ1) is 13.2. The molecule has 0 amide bonds. The van der Waals surface area contributed by atoms with E-state index in [1.165, 1.54) is 22.6 Å². The van der Waals surface area contributed by atoms with Crippen molar-refractivity contribution in [2.45, 2.75) is 19.1 Å². The van der Waals surface area contributed by atoms with Gasteiger partial charge < -0.3 is 4.42 Å². The van der Waals surface area contributed by atoms with Crippen molar-refractivity contribution in [1.82, 2.24) is 15.2 Å². The predicted molar refractivity (Wildman–Crippen MR) is 92.6 cm³/mol. The molecule has 0 atom stereocenters. The zero-order chi connectivity index (χ0) is 19.9. The van der Waals surface area contributed by atoms with Gasteiger partial charge in [-0.25, -0.2) is 8.42 Å². The van der Waals surface area contributed by atoms with E-state index >= 15 is 0 Å². The maximum atomic E-state index is 12.6. The number of anilines is 1. The zero-order valence-electron chi connectivity index (χ0n) is 14.2. The Kier molecular flexibility index (Phi) is 4.33. The molecule has 1 aliphatic heterocycles. The number of hydrogen-bond acceptors (Lipinski definition) is 6. The van der Waals surface area contributed by atoms with E-state index in [0.717, 1.165) is 5.56 Å². The number of rotatable bonds is 3. The molecule has 3 aromatic rings. The fraction of sp³-hybridized carbons (Fsp3) is 0.235. The van der Waals surface area contributed by atoms with Gasteiger partial charge in [0.25, 0.3) is 0 Å². The normalized spacial score (nSPS) is 16.0. The lowest BCUT2D eigenvalue weighted by Crippen LogP contribution is -2.37. The van der Waals surface area contributed by atoms with E-state index in [9.17, 15) is 21.6 Å². The number of alkyl halides is 3. The average Bonchev–Trinajstić information content (AvgIpc) is 3.15. The second-order valence-electron chi connectivity index (χ2n) is 6.15. The summed E-state index contributed by atoms with van der Waals surface area (Å²) in [5.41, 5.74) is 2.17. The van der Waals surface area contributed by atoms with Gasteiger partial charge in [0.05, 0.1) is 29.2 Å². The lowest BCUT2D eigenvalue weighted by Gasteiger charge is -2.30. The van der Waals surface area contributed by atoms with Crippen LogP contribution < -0.4 is 4.31 Å². The van der Waals surface area contributed by atoms with Gasteiger partial charge in [-0.3, -0.25) is 9.29 Å². The first kappa shape index (κ1) is 18.4. The Labute approximate surface area is 157 Å². The summed E-state index contributed by atoms with van der Waals surface area (Å²) < 4.78 is 68.6. The Morgan fingerprint density at radius 1 is 1.11 bits per heavy atom. The maximum absolute atomic E-state index is 12.6. The molecular formula is C17H13F3N4O3S. The van der Waals surface area contributed by atoms with Gasteiger partial charge in [0.1, 0.15) is 0 Å². The van der Waals surface area contributed by atoms with Gasteiger partial charge in [-0.1, -0.05) is 18.2 Å². The Morgan fingerprint density at radius 2 is 1.89 bits per heavy atom. The van der Waals surface area contributed by atoms with Crippen molar-refractivity contribution >= 4 is 15.7 Å². The third-order valence-corrected chi connectivity index (χ3v) is 5.99. The summed E-state index contributed by atoms with van der Waals surface area (Å²) in [6.45, 7) is 0.0112. The van der Waals surface area contributed by atoms with Crippen LogP contribution in [0.25, 0.3) is 11.5 Å². The second-order valence-corrected chi connectivity index (χ2v) is 8.16. The number of halogens is 3. The summed E-state index contributed by atoms with van der Waals surface area (Å²) >= 11 is 0. The minimum Gasteiger partial charge on any atom is -0.413 e. The van der Waals surface area contributed by atoms with Crippen LogP contribution in [-0.4, -0.2) is 29.4 Å². The number of aryl methyl sites for hydroxylation is 1. The van der Waals surface area contributed by atoms with Crippen LogP contribution >= 0.6 is 0 Å². The standard InChI is InChI=1S/C17H13F3N4O3S/c18-17(19,20)16-23-22-15(27-16)12-5-6-13(21-9-12)10-24-14-4-2-1-3-11(14)7-8-28(24,25)26/h1-6,9H,7-8,10H2. The number of nitrogens with zero attached hydrogens (tertiary/aromatic N) is 4. The number of sulfonamides is 1. The summed E-state index contributed by atoms with van der Waals surface area (Å²) in [6, 6.07) is 10.2. The van der Waals surface area contributed by atoms with E-state index in [4.69, 9.17) is 0 Å². The molecule has 0 saturated heterocycles. The fourth-order valence-electron chi connectivity index (χ4n) is 2.89.